The Labute approximate surface area is 208 Å². The molecule has 0 unspecified atom stereocenters. The SMILES string of the molecule is [2H]C([2H])(Nc1cccc2c1C([2H])([2H])N([C@@]1([2H])C(=O)NC(=O)C([2H])([2H])C1([2H])[2H])C2=O)c1ccc(C([2H])([2H])N2CCOCC2)cc1. The number of anilines is 1. The average molecular weight is 460 g/mol. The summed E-state index contributed by atoms with van der Waals surface area (Å²) in [4.78, 5) is 40.1. The summed E-state index contributed by atoms with van der Waals surface area (Å²) in [5.41, 5.74) is -0.943. The molecule has 0 spiro atoms. The Bertz CT molecular complexity index is 1530. The predicted molar refractivity (Wildman–Crippen MR) is 122 cm³/mol. The van der Waals surface area contributed by atoms with E-state index in [0.717, 1.165) is 6.07 Å². The van der Waals surface area contributed by atoms with Crippen molar-refractivity contribution in [1.82, 2.24) is 15.1 Å². The van der Waals surface area contributed by atoms with Crippen molar-refractivity contribution in [2.45, 2.75) is 38.3 Å². The summed E-state index contributed by atoms with van der Waals surface area (Å²) in [6.07, 6.45) is -7.21. The first kappa shape index (κ1) is 12.3. The first-order valence-corrected chi connectivity index (χ1v) is 10.3. The highest BCUT2D eigenvalue weighted by Crippen LogP contribution is 2.32. The van der Waals surface area contributed by atoms with Gasteiger partial charge in [0.1, 0.15) is 6.02 Å². The van der Waals surface area contributed by atoms with Crippen molar-refractivity contribution in [2.75, 3.05) is 31.6 Å². The van der Waals surface area contributed by atoms with E-state index in [1.807, 2.05) is 0 Å². The summed E-state index contributed by atoms with van der Waals surface area (Å²) in [6, 6.07) is 5.63. The Morgan fingerprint density at radius 1 is 1.12 bits per heavy atom. The minimum Gasteiger partial charge on any atom is -0.381 e. The number of ether oxygens (including phenoxy) is 1. The molecule has 0 saturated carbocycles. The van der Waals surface area contributed by atoms with Crippen molar-refractivity contribution >= 4 is 23.4 Å². The van der Waals surface area contributed by atoms with E-state index in [0.29, 0.717) is 26.3 Å². The summed E-state index contributed by atoms with van der Waals surface area (Å²) in [5.74, 6) is -4.77. The molecule has 0 radical (unpaired) electrons. The van der Waals surface area contributed by atoms with Crippen LogP contribution < -0.4 is 10.6 Å². The van der Waals surface area contributed by atoms with Crippen LogP contribution in [0, 0.1) is 0 Å². The van der Waals surface area contributed by atoms with Crippen LogP contribution in [0.5, 0.6) is 0 Å². The number of rotatable bonds is 6. The number of nitrogens with zero attached hydrogens (tertiary/aromatic N) is 2. The highest BCUT2D eigenvalue weighted by atomic mass is 16.5. The van der Waals surface area contributed by atoms with Gasteiger partial charge in [-0.25, -0.2) is 0 Å². The molecule has 172 valence electrons. The molecule has 1 atom stereocenters. The van der Waals surface area contributed by atoms with Gasteiger partial charge in [-0.05, 0) is 29.6 Å². The Morgan fingerprint density at radius 2 is 1.88 bits per heavy atom. The van der Waals surface area contributed by atoms with Gasteiger partial charge in [0, 0.05) is 64.0 Å². The fourth-order valence-corrected chi connectivity index (χ4v) is 3.54. The number of hydrogen-bond donors (Lipinski definition) is 2. The van der Waals surface area contributed by atoms with Crippen molar-refractivity contribution in [3.05, 3.63) is 64.7 Å². The number of benzene rings is 2. The lowest BCUT2D eigenvalue weighted by Gasteiger charge is -2.29. The van der Waals surface area contributed by atoms with Crippen LogP contribution in [0.4, 0.5) is 5.69 Å². The quantitative estimate of drug-likeness (QED) is 0.641. The van der Waals surface area contributed by atoms with Crippen LogP contribution in [0.1, 0.15) is 54.9 Å². The molecule has 2 aromatic carbocycles. The second-order valence-electron chi connectivity index (χ2n) is 7.40. The van der Waals surface area contributed by atoms with E-state index in [9.17, 15) is 14.4 Å². The molecule has 33 heavy (non-hydrogen) atoms. The second-order valence-corrected chi connectivity index (χ2v) is 7.40. The largest absolute Gasteiger partial charge is 0.381 e. The zero-order valence-electron chi connectivity index (χ0n) is 28.4. The van der Waals surface area contributed by atoms with E-state index in [-0.39, 0.29) is 21.7 Å². The van der Waals surface area contributed by atoms with E-state index < -0.39 is 67.1 Å². The van der Waals surface area contributed by atoms with Gasteiger partial charge < -0.3 is 15.0 Å². The topological polar surface area (TPSA) is 91.0 Å². The highest BCUT2D eigenvalue weighted by molar-refractivity contribution is 6.06. The Hall–Kier alpha value is -3.23. The number of imide groups is 1. The maximum absolute atomic E-state index is 13.5. The zero-order valence-corrected chi connectivity index (χ0v) is 17.4. The summed E-state index contributed by atoms with van der Waals surface area (Å²) >= 11 is 0. The predicted octanol–water partition coefficient (Wildman–Crippen LogP) is 1.89. The van der Waals surface area contributed by atoms with Crippen molar-refractivity contribution in [2.24, 2.45) is 0 Å². The summed E-state index contributed by atoms with van der Waals surface area (Å²) in [7, 11) is 0. The number of morpholine rings is 1. The third kappa shape index (κ3) is 4.62. The second kappa shape index (κ2) is 9.33. The zero-order chi connectivity index (χ0) is 32.7. The van der Waals surface area contributed by atoms with E-state index in [4.69, 9.17) is 19.8 Å². The molecule has 3 aliphatic rings. The third-order valence-electron chi connectivity index (χ3n) is 5.21. The van der Waals surface area contributed by atoms with Crippen LogP contribution in [0.2, 0.25) is 0 Å². The van der Waals surface area contributed by atoms with Gasteiger partial charge in [0.05, 0.1) is 20.1 Å². The fraction of sp³-hybridized carbons (Fsp3) is 0.400. The van der Waals surface area contributed by atoms with Crippen LogP contribution in [-0.4, -0.2) is 59.8 Å². The van der Waals surface area contributed by atoms with Crippen LogP contribution in [0.15, 0.2) is 42.5 Å². The number of carbonyl (C=O) groups is 3. The van der Waals surface area contributed by atoms with E-state index in [2.05, 4.69) is 5.32 Å². The van der Waals surface area contributed by atoms with Gasteiger partial charge in [0.25, 0.3) is 5.91 Å². The van der Waals surface area contributed by atoms with E-state index in [1.165, 1.54) is 41.7 Å². The molecule has 3 heterocycles. The Morgan fingerprint density at radius 3 is 2.67 bits per heavy atom. The number of piperidine rings is 1. The normalized spacial score (nSPS) is 33.8. The van der Waals surface area contributed by atoms with E-state index >= 15 is 0 Å². The molecule has 5 rings (SSSR count). The molecule has 0 aliphatic carbocycles. The first-order valence-electron chi connectivity index (χ1n) is 15.8. The molecule has 0 bridgehead atoms. The average Bonchev–Trinajstić information content (AvgIpc) is 3.17. The first-order chi connectivity index (χ1) is 20.2. The van der Waals surface area contributed by atoms with Gasteiger partial charge in [-0.3, -0.25) is 24.6 Å². The minimum absolute atomic E-state index is 0.0185. The molecule has 3 amide bonds. The van der Waals surface area contributed by atoms with Crippen LogP contribution in [0.25, 0.3) is 0 Å². The van der Waals surface area contributed by atoms with Gasteiger partial charge in [-0.2, -0.15) is 0 Å². The smallest absolute Gasteiger partial charge is 0.255 e. The monoisotopic (exact) mass is 459 g/mol. The Balaban J connectivity index is 1.49. The molecular formula is C25H28N4O4. The third-order valence-corrected chi connectivity index (χ3v) is 5.21. The molecule has 0 aromatic heterocycles. The van der Waals surface area contributed by atoms with Crippen LogP contribution in [-0.2, 0) is 33.8 Å². The maximum atomic E-state index is 13.5. The van der Waals surface area contributed by atoms with Gasteiger partial charge in [0.15, 0.2) is 0 Å². The van der Waals surface area contributed by atoms with E-state index in [1.54, 1.807) is 4.90 Å². The molecule has 8 heteroatoms. The minimum atomic E-state index is -3.71. The maximum Gasteiger partial charge on any atom is 0.255 e. The molecular weight excluding hydrogens is 420 g/mol. The standard InChI is InChI=1S/C25H28N4O4/c30-23-9-8-22(24(31)27-23)29-16-20-19(25(29)32)2-1-3-21(20)26-14-17-4-6-18(7-5-17)15-28-10-12-33-13-11-28/h1-7,22,26H,8-16H2,(H,27,30,31)/t22-/m1/s1/i8D2,9D2,14D2,15D2,16D2,22D. The number of amides is 3. The van der Waals surface area contributed by atoms with Gasteiger partial charge in [-0.1, -0.05) is 30.3 Å². The summed E-state index contributed by atoms with van der Waals surface area (Å²) in [6.45, 7) is -5.96. The van der Waals surface area contributed by atoms with Crippen molar-refractivity contribution in [3.8, 4) is 0 Å². The van der Waals surface area contributed by atoms with Crippen LogP contribution in [0.3, 0.4) is 0 Å². The molecule has 2 fully saturated rings. The Kier molecular flexibility index (Phi) is 3.48. The number of hydrogen-bond acceptors (Lipinski definition) is 6. The fourth-order valence-electron chi connectivity index (χ4n) is 3.54. The molecule has 2 aromatic rings. The molecule has 2 N–H and O–H groups in total. The lowest BCUT2D eigenvalue weighted by atomic mass is 10.0. The molecule has 2 saturated heterocycles. The number of nitrogens with one attached hydrogen (secondary N) is 2. The molecule has 8 nitrogen and oxygen atoms in total. The number of fused-ring (bicyclic) bond motifs is 1. The van der Waals surface area contributed by atoms with Crippen molar-refractivity contribution < 1.29 is 34.2 Å². The summed E-state index contributed by atoms with van der Waals surface area (Å²) < 4.78 is 98.4. The number of carbonyl (C=O) groups excluding carboxylic acids is 3. The van der Waals surface area contributed by atoms with Crippen molar-refractivity contribution in [1.29, 1.82) is 0 Å². The summed E-state index contributed by atoms with van der Waals surface area (Å²) in [5, 5.41) is 4.07. The van der Waals surface area contributed by atoms with Gasteiger partial charge in [-0.15, -0.1) is 0 Å². The van der Waals surface area contributed by atoms with Gasteiger partial charge in [0.2, 0.25) is 11.8 Å². The van der Waals surface area contributed by atoms with Gasteiger partial charge >= 0.3 is 0 Å². The lowest BCUT2D eigenvalue weighted by Crippen LogP contribution is -2.52. The van der Waals surface area contributed by atoms with Crippen molar-refractivity contribution in [3.63, 3.8) is 0 Å². The lowest BCUT2D eigenvalue weighted by molar-refractivity contribution is -0.136. The molecule has 3 aliphatic heterocycles. The highest BCUT2D eigenvalue weighted by Gasteiger charge is 2.39. The van der Waals surface area contributed by atoms with Crippen LogP contribution >= 0.6 is 0 Å².